The maximum absolute atomic E-state index is 13.6. The topological polar surface area (TPSA) is 85.4 Å². The summed E-state index contributed by atoms with van der Waals surface area (Å²) in [7, 11) is 1.65. The number of aromatic amines is 1. The van der Waals surface area contributed by atoms with Gasteiger partial charge in [0.2, 0.25) is 0 Å². The van der Waals surface area contributed by atoms with Crippen LogP contribution < -0.4 is 10.6 Å². The third-order valence-corrected chi connectivity index (χ3v) is 4.39. The first-order chi connectivity index (χ1) is 13.4. The van der Waals surface area contributed by atoms with Crippen molar-refractivity contribution >= 4 is 29.0 Å². The number of hydrogen-bond acceptors (Lipinski definition) is 5. The van der Waals surface area contributed by atoms with E-state index < -0.39 is 18.4 Å². The summed E-state index contributed by atoms with van der Waals surface area (Å²) in [5, 5.41) is 11.5. The Morgan fingerprint density at radius 3 is 2.82 bits per heavy atom. The number of halogens is 3. The van der Waals surface area contributed by atoms with E-state index in [1.165, 1.54) is 17.5 Å². The van der Waals surface area contributed by atoms with E-state index in [0.717, 1.165) is 18.2 Å². The molecule has 0 bridgehead atoms. The molecule has 144 valence electrons. The zero-order chi connectivity index (χ0) is 19.8. The zero-order valence-electron chi connectivity index (χ0n) is 14.6. The highest BCUT2D eigenvalue weighted by atomic mass is 19.3. The average Bonchev–Trinajstić information content (AvgIpc) is 3.27. The van der Waals surface area contributed by atoms with E-state index in [4.69, 9.17) is 0 Å². The van der Waals surface area contributed by atoms with E-state index in [1.54, 1.807) is 19.2 Å². The van der Waals surface area contributed by atoms with E-state index in [-0.39, 0.29) is 22.9 Å². The molecule has 1 unspecified atom stereocenters. The number of aromatic nitrogens is 2. The van der Waals surface area contributed by atoms with Gasteiger partial charge in [0.15, 0.2) is 6.17 Å². The lowest BCUT2D eigenvalue weighted by molar-refractivity contribution is -0.120. The Labute approximate surface area is 157 Å². The minimum absolute atomic E-state index is 0.0747. The van der Waals surface area contributed by atoms with E-state index in [9.17, 15) is 18.0 Å². The highest BCUT2D eigenvalue weighted by Crippen LogP contribution is 2.33. The molecule has 3 aromatic rings. The molecule has 2 aromatic heterocycles. The number of hydrogen-bond donors (Lipinski definition) is 3. The molecular formula is C18H15F3N6O. The molecule has 3 heterocycles. The largest absolute Gasteiger partial charge is 0.354 e. The van der Waals surface area contributed by atoms with Crippen LogP contribution >= 0.6 is 0 Å². The number of rotatable bonds is 4. The molecule has 0 spiro atoms. The van der Waals surface area contributed by atoms with Crippen LogP contribution in [0.4, 0.5) is 19.0 Å². The Bertz CT molecular complexity index is 1080. The summed E-state index contributed by atoms with van der Waals surface area (Å²) in [5.41, 5.74) is 0.699. The smallest absolute Gasteiger partial charge is 0.270 e. The van der Waals surface area contributed by atoms with Gasteiger partial charge in [-0.3, -0.25) is 9.80 Å². The standard InChI is InChI=1S/C18H15F3N6O/c1-27-17(23-8-24-27)18(28)26-15-6-13-9(7-22-15)4-14(25-13)12-5-10(19)2-3-11(12)16(20)21/h2-8,16-17,25H,1H3,(H,23,24)(H,22,26,28). The number of benzene rings is 1. The van der Waals surface area contributed by atoms with Crippen LogP contribution in [0.1, 0.15) is 12.0 Å². The van der Waals surface area contributed by atoms with Crippen molar-refractivity contribution in [2.75, 3.05) is 12.4 Å². The molecule has 28 heavy (non-hydrogen) atoms. The number of alkyl halides is 2. The summed E-state index contributed by atoms with van der Waals surface area (Å²) in [6.07, 6.45) is -0.488. The van der Waals surface area contributed by atoms with Crippen LogP contribution in [0.3, 0.4) is 0 Å². The Morgan fingerprint density at radius 1 is 1.29 bits per heavy atom. The molecule has 0 saturated heterocycles. The van der Waals surface area contributed by atoms with Crippen molar-refractivity contribution in [3.05, 3.63) is 47.9 Å². The summed E-state index contributed by atoms with van der Waals surface area (Å²) in [4.78, 5) is 19.4. The first kappa shape index (κ1) is 17.8. The van der Waals surface area contributed by atoms with Gasteiger partial charge in [-0.05, 0) is 24.3 Å². The second-order valence-electron chi connectivity index (χ2n) is 6.25. The molecular weight excluding hydrogens is 373 g/mol. The molecule has 0 fully saturated rings. The monoisotopic (exact) mass is 388 g/mol. The van der Waals surface area contributed by atoms with Crippen molar-refractivity contribution in [3.8, 4) is 11.3 Å². The lowest BCUT2D eigenvalue weighted by Crippen LogP contribution is -2.44. The molecule has 1 aliphatic heterocycles. The lowest BCUT2D eigenvalue weighted by atomic mass is 10.0. The zero-order valence-corrected chi connectivity index (χ0v) is 14.6. The fraction of sp³-hybridized carbons (Fsp3) is 0.167. The van der Waals surface area contributed by atoms with E-state index in [2.05, 4.69) is 25.7 Å². The number of nitrogens with zero attached hydrogens (tertiary/aromatic N) is 3. The van der Waals surface area contributed by atoms with Crippen LogP contribution in [-0.4, -0.2) is 40.4 Å². The number of anilines is 1. The van der Waals surface area contributed by atoms with Gasteiger partial charge >= 0.3 is 0 Å². The molecule has 0 aliphatic carbocycles. The minimum Gasteiger partial charge on any atom is -0.354 e. The Morgan fingerprint density at radius 2 is 2.11 bits per heavy atom. The number of H-pyrrole nitrogens is 1. The maximum Gasteiger partial charge on any atom is 0.270 e. The minimum atomic E-state index is -2.74. The Balaban J connectivity index is 1.64. The van der Waals surface area contributed by atoms with Crippen molar-refractivity contribution in [2.45, 2.75) is 12.6 Å². The van der Waals surface area contributed by atoms with Crippen LogP contribution in [0, 0.1) is 5.82 Å². The van der Waals surface area contributed by atoms with Crippen LogP contribution in [0.15, 0.2) is 41.6 Å². The Kier molecular flexibility index (Phi) is 4.38. The number of fused-ring (bicyclic) bond motifs is 1. The molecule has 4 rings (SSSR count). The van der Waals surface area contributed by atoms with Crippen molar-refractivity contribution in [1.29, 1.82) is 0 Å². The van der Waals surface area contributed by atoms with Gasteiger partial charge in [0.05, 0.1) is 5.52 Å². The number of nitrogens with one attached hydrogen (secondary N) is 3. The molecule has 3 N–H and O–H groups in total. The highest BCUT2D eigenvalue weighted by Gasteiger charge is 2.25. The normalized spacial score (nSPS) is 16.0. The van der Waals surface area contributed by atoms with Gasteiger partial charge in [0.1, 0.15) is 18.0 Å². The molecule has 1 amide bonds. The number of amides is 1. The molecule has 10 heteroatoms. The predicted octanol–water partition coefficient (Wildman–Crippen LogP) is 3.05. The molecule has 0 radical (unpaired) electrons. The Hall–Kier alpha value is -3.56. The quantitative estimate of drug-likeness (QED) is 0.641. The molecule has 7 nitrogen and oxygen atoms in total. The van der Waals surface area contributed by atoms with Gasteiger partial charge in [0, 0.05) is 41.5 Å². The van der Waals surface area contributed by atoms with Crippen LogP contribution in [0.2, 0.25) is 0 Å². The second-order valence-corrected chi connectivity index (χ2v) is 6.25. The third-order valence-electron chi connectivity index (χ3n) is 4.39. The predicted molar refractivity (Wildman–Crippen MR) is 98.3 cm³/mol. The van der Waals surface area contributed by atoms with Crippen LogP contribution in [0.5, 0.6) is 0 Å². The summed E-state index contributed by atoms with van der Waals surface area (Å²) >= 11 is 0. The number of likely N-dealkylation sites (N-methyl/N-ethyl adjacent to an activating group) is 1. The van der Waals surface area contributed by atoms with Gasteiger partial charge in [-0.25, -0.2) is 18.2 Å². The second kappa shape index (κ2) is 6.87. The number of hydrazone groups is 1. The van der Waals surface area contributed by atoms with Crippen molar-refractivity contribution in [3.63, 3.8) is 0 Å². The van der Waals surface area contributed by atoms with Crippen LogP contribution in [0.25, 0.3) is 22.2 Å². The SMILES string of the molecule is CN1N=CNC1C(=O)Nc1cc2[nH]c(-c3cc(F)ccc3C(F)F)cc2cn1. The third kappa shape index (κ3) is 3.24. The first-order valence-corrected chi connectivity index (χ1v) is 8.31. The van der Waals surface area contributed by atoms with Gasteiger partial charge in [0.25, 0.3) is 12.3 Å². The van der Waals surface area contributed by atoms with E-state index in [0.29, 0.717) is 16.6 Å². The molecule has 1 atom stereocenters. The van der Waals surface area contributed by atoms with Crippen molar-refractivity contribution in [1.82, 2.24) is 20.3 Å². The van der Waals surface area contributed by atoms with Gasteiger partial charge in [-0.1, -0.05) is 0 Å². The number of carbonyl (C=O) groups excluding carboxylic acids is 1. The summed E-state index contributed by atoms with van der Waals surface area (Å²) < 4.78 is 40.1. The average molecular weight is 388 g/mol. The van der Waals surface area contributed by atoms with Gasteiger partial charge in [-0.15, -0.1) is 0 Å². The van der Waals surface area contributed by atoms with Crippen molar-refractivity contribution < 1.29 is 18.0 Å². The first-order valence-electron chi connectivity index (χ1n) is 8.31. The number of carbonyl (C=O) groups is 1. The summed E-state index contributed by atoms with van der Waals surface area (Å²) in [5.74, 6) is -0.690. The molecule has 1 aliphatic rings. The van der Waals surface area contributed by atoms with E-state index >= 15 is 0 Å². The van der Waals surface area contributed by atoms with Gasteiger partial charge < -0.3 is 15.6 Å². The summed E-state index contributed by atoms with van der Waals surface area (Å²) in [6.45, 7) is 0. The fourth-order valence-electron chi connectivity index (χ4n) is 3.00. The lowest BCUT2D eigenvalue weighted by Gasteiger charge is -2.17. The highest BCUT2D eigenvalue weighted by molar-refractivity contribution is 5.97. The molecule has 0 saturated carbocycles. The maximum atomic E-state index is 13.6. The van der Waals surface area contributed by atoms with Crippen LogP contribution in [-0.2, 0) is 4.79 Å². The summed E-state index contributed by atoms with van der Waals surface area (Å²) in [6, 6.07) is 6.31. The molecule has 1 aromatic carbocycles. The number of pyridine rings is 1. The van der Waals surface area contributed by atoms with Gasteiger partial charge in [-0.2, -0.15) is 5.10 Å². The van der Waals surface area contributed by atoms with Crippen molar-refractivity contribution in [2.24, 2.45) is 5.10 Å². The fourth-order valence-corrected chi connectivity index (χ4v) is 3.00. The van der Waals surface area contributed by atoms with E-state index in [1.807, 2.05) is 0 Å².